The zero-order valence-electron chi connectivity index (χ0n) is 13.5. The number of hydrazine groups is 1. The highest BCUT2D eigenvalue weighted by molar-refractivity contribution is 5.95. The van der Waals surface area contributed by atoms with E-state index in [9.17, 15) is 4.79 Å². The monoisotopic (exact) mass is 335 g/mol. The number of nitrogen functional groups attached to an aromatic ring is 1. The Bertz CT molecular complexity index is 866. The maximum Gasteiger partial charge on any atom is 0.269 e. The Morgan fingerprint density at radius 2 is 1.84 bits per heavy atom. The second-order valence-corrected chi connectivity index (χ2v) is 5.30. The lowest BCUT2D eigenvalue weighted by Crippen LogP contribution is -2.30. The van der Waals surface area contributed by atoms with Crippen LogP contribution in [0.2, 0.25) is 0 Å². The topological polar surface area (TPSA) is 118 Å². The normalized spacial score (nSPS) is 10.1. The number of nitrogens with two attached hydrogens (primary N) is 1. The molecule has 0 aliphatic carbocycles. The zero-order valence-corrected chi connectivity index (χ0v) is 13.5. The van der Waals surface area contributed by atoms with E-state index >= 15 is 0 Å². The highest BCUT2D eigenvalue weighted by Crippen LogP contribution is 2.24. The third kappa shape index (κ3) is 3.99. The van der Waals surface area contributed by atoms with Crippen molar-refractivity contribution in [3.05, 3.63) is 66.2 Å². The molecule has 8 nitrogen and oxygen atoms in total. The third-order valence-electron chi connectivity index (χ3n) is 3.42. The van der Waals surface area contributed by atoms with Crippen molar-refractivity contribution >= 4 is 28.9 Å². The van der Waals surface area contributed by atoms with Gasteiger partial charge in [-0.3, -0.25) is 20.6 Å². The van der Waals surface area contributed by atoms with Crippen molar-refractivity contribution in [3.63, 3.8) is 0 Å². The van der Waals surface area contributed by atoms with Crippen molar-refractivity contribution < 1.29 is 4.79 Å². The highest BCUT2D eigenvalue weighted by atomic mass is 16.2. The fraction of sp³-hybridized carbons (Fsp3) is 0.0588. The van der Waals surface area contributed by atoms with Crippen LogP contribution in [0.5, 0.6) is 0 Å². The van der Waals surface area contributed by atoms with Gasteiger partial charge in [0.05, 0.1) is 11.9 Å². The van der Waals surface area contributed by atoms with Gasteiger partial charge in [0.15, 0.2) is 11.6 Å². The molecule has 3 aromatic rings. The van der Waals surface area contributed by atoms with E-state index in [2.05, 4.69) is 31.1 Å². The molecule has 126 valence electrons. The fourth-order valence-corrected chi connectivity index (χ4v) is 2.06. The van der Waals surface area contributed by atoms with E-state index in [1.807, 2.05) is 25.1 Å². The molecule has 0 saturated heterocycles. The van der Waals surface area contributed by atoms with Crippen LogP contribution in [0.25, 0.3) is 0 Å². The van der Waals surface area contributed by atoms with Crippen molar-refractivity contribution in [2.75, 3.05) is 16.5 Å². The number of aromatic nitrogens is 3. The highest BCUT2D eigenvalue weighted by Gasteiger charge is 2.10. The smallest absolute Gasteiger partial charge is 0.269 e. The van der Waals surface area contributed by atoms with E-state index < -0.39 is 0 Å². The molecule has 0 bridgehead atoms. The minimum absolute atomic E-state index is 0.274. The van der Waals surface area contributed by atoms with Crippen LogP contribution in [0.15, 0.2) is 55.1 Å². The number of carbonyl (C=O) groups excluding carboxylic acids is 1. The van der Waals surface area contributed by atoms with Gasteiger partial charge in [0.1, 0.15) is 12.0 Å². The Hall–Kier alpha value is -3.68. The van der Waals surface area contributed by atoms with Crippen LogP contribution in [0.4, 0.5) is 23.0 Å². The molecule has 3 rings (SSSR count). The predicted molar refractivity (Wildman–Crippen MR) is 96.2 cm³/mol. The summed E-state index contributed by atoms with van der Waals surface area (Å²) in [7, 11) is 0. The van der Waals surface area contributed by atoms with Crippen molar-refractivity contribution in [2.24, 2.45) is 0 Å². The number of nitrogens with one attached hydrogen (secondary N) is 3. The number of benzene rings is 1. The average molecular weight is 335 g/mol. The number of aryl methyl sites for hydroxylation is 1. The Morgan fingerprint density at radius 3 is 2.56 bits per heavy atom. The molecule has 1 amide bonds. The van der Waals surface area contributed by atoms with Crippen LogP contribution in [-0.2, 0) is 0 Å². The second kappa shape index (κ2) is 7.26. The summed E-state index contributed by atoms with van der Waals surface area (Å²) in [5.41, 5.74) is 14.0. The van der Waals surface area contributed by atoms with Crippen molar-refractivity contribution in [2.45, 2.75) is 6.92 Å². The van der Waals surface area contributed by atoms with Crippen LogP contribution in [0, 0.1) is 6.92 Å². The molecule has 0 aliphatic rings. The number of rotatable bonds is 5. The molecule has 0 atom stereocenters. The van der Waals surface area contributed by atoms with Gasteiger partial charge in [0.25, 0.3) is 5.91 Å². The van der Waals surface area contributed by atoms with E-state index in [0.29, 0.717) is 17.2 Å². The minimum Gasteiger partial charge on any atom is -0.393 e. The maximum absolute atomic E-state index is 12.1. The average Bonchev–Trinajstić information content (AvgIpc) is 2.63. The number of anilines is 4. The summed E-state index contributed by atoms with van der Waals surface area (Å²) in [6.07, 6.45) is 4.66. The summed E-state index contributed by atoms with van der Waals surface area (Å²) in [5.74, 6) is 0.414. The molecule has 8 heteroatoms. The summed E-state index contributed by atoms with van der Waals surface area (Å²) < 4.78 is 0. The minimum atomic E-state index is -0.292. The van der Waals surface area contributed by atoms with Gasteiger partial charge in [-0.2, -0.15) is 0 Å². The lowest BCUT2D eigenvalue weighted by Gasteiger charge is -2.13. The van der Waals surface area contributed by atoms with Gasteiger partial charge in [-0.15, -0.1) is 0 Å². The third-order valence-corrected chi connectivity index (χ3v) is 3.42. The fourth-order valence-electron chi connectivity index (χ4n) is 2.06. The van der Waals surface area contributed by atoms with Gasteiger partial charge in [-0.25, -0.2) is 9.97 Å². The van der Waals surface area contributed by atoms with Crippen molar-refractivity contribution in [1.82, 2.24) is 20.4 Å². The molecular formula is C17H17N7O. The SMILES string of the molecule is Cc1ccc(C(=O)NNc2ncnc(Nc3cccnc3)c2N)cc1. The summed E-state index contributed by atoms with van der Waals surface area (Å²) >= 11 is 0. The first-order valence-corrected chi connectivity index (χ1v) is 7.54. The molecule has 0 saturated carbocycles. The zero-order chi connectivity index (χ0) is 17.6. The summed E-state index contributed by atoms with van der Waals surface area (Å²) in [5, 5.41) is 3.05. The van der Waals surface area contributed by atoms with Crippen LogP contribution in [0.3, 0.4) is 0 Å². The van der Waals surface area contributed by atoms with Crippen molar-refractivity contribution in [3.8, 4) is 0 Å². The van der Waals surface area contributed by atoms with Crippen LogP contribution >= 0.6 is 0 Å². The second-order valence-electron chi connectivity index (χ2n) is 5.30. The number of hydrogen-bond acceptors (Lipinski definition) is 7. The van der Waals surface area contributed by atoms with Gasteiger partial charge in [-0.05, 0) is 31.2 Å². The lowest BCUT2D eigenvalue weighted by atomic mass is 10.1. The van der Waals surface area contributed by atoms with Gasteiger partial charge in [0, 0.05) is 11.8 Å². The number of pyridine rings is 1. The molecular weight excluding hydrogens is 318 g/mol. The number of carbonyl (C=O) groups is 1. The summed E-state index contributed by atoms with van der Waals surface area (Å²) in [6, 6.07) is 10.8. The van der Waals surface area contributed by atoms with E-state index in [0.717, 1.165) is 11.3 Å². The van der Waals surface area contributed by atoms with E-state index in [1.165, 1.54) is 6.33 Å². The predicted octanol–water partition coefficient (Wildman–Crippen LogP) is 2.26. The molecule has 1 aromatic carbocycles. The quantitative estimate of drug-likeness (QED) is 0.528. The van der Waals surface area contributed by atoms with Crippen LogP contribution in [0.1, 0.15) is 15.9 Å². The van der Waals surface area contributed by atoms with E-state index in [-0.39, 0.29) is 11.6 Å². The summed E-state index contributed by atoms with van der Waals surface area (Å²) in [4.78, 5) is 24.3. The van der Waals surface area contributed by atoms with E-state index in [1.54, 1.807) is 30.6 Å². The molecule has 0 fully saturated rings. The maximum atomic E-state index is 12.1. The molecule has 5 N–H and O–H groups in total. The molecule has 25 heavy (non-hydrogen) atoms. The molecule has 0 spiro atoms. The summed E-state index contributed by atoms with van der Waals surface area (Å²) in [6.45, 7) is 1.96. The molecule has 2 aromatic heterocycles. The van der Waals surface area contributed by atoms with Gasteiger partial charge in [-0.1, -0.05) is 17.7 Å². The Morgan fingerprint density at radius 1 is 1.08 bits per heavy atom. The standard InChI is InChI=1S/C17H17N7O/c1-11-4-6-12(7-5-11)17(25)24-23-16-14(18)15(20-10-21-16)22-13-3-2-8-19-9-13/h2-10H,18H2,1H3,(H,24,25)(H2,20,21,22,23). The molecule has 2 heterocycles. The first-order valence-electron chi connectivity index (χ1n) is 7.54. The number of nitrogens with zero attached hydrogens (tertiary/aromatic N) is 3. The largest absolute Gasteiger partial charge is 0.393 e. The molecule has 0 unspecified atom stereocenters. The Labute approximate surface area is 144 Å². The number of hydrogen-bond donors (Lipinski definition) is 4. The van der Waals surface area contributed by atoms with Gasteiger partial charge < -0.3 is 11.1 Å². The number of amides is 1. The molecule has 0 radical (unpaired) electrons. The van der Waals surface area contributed by atoms with Crippen LogP contribution in [-0.4, -0.2) is 20.9 Å². The van der Waals surface area contributed by atoms with Gasteiger partial charge >= 0.3 is 0 Å². The Balaban J connectivity index is 1.69. The van der Waals surface area contributed by atoms with E-state index in [4.69, 9.17) is 5.73 Å². The van der Waals surface area contributed by atoms with Gasteiger partial charge in [0.2, 0.25) is 0 Å². The Kier molecular flexibility index (Phi) is 4.70. The lowest BCUT2D eigenvalue weighted by molar-refractivity contribution is 0.0962. The van der Waals surface area contributed by atoms with Crippen LogP contribution < -0.4 is 21.9 Å². The first kappa shape index (κ1) is 16.2. The van der Waals surface area contributed by atoms with Crippen molar-refractivity contribution in [1.29, 1.82) is 0 Å². The first-order chi connectivity index (χ1) is 12.1. The molecule has 0 aliphatic heterocycles.